The Labute approximate surface area is 189 Å². The summed E-state index contributed by atoms with van der Waals surface area (Å²) in [5.41, 5.74) is 12.1. The zero-order valence-corrected chi connectivity index (χ0v) is 20.0. The van der Waals surface area contributed by atoms with Crippen LogP contribution in [0.15, 0.2) is 64.4 Å². The Balaban J connectivity index is 2.38. The van der Waals surface area contributed by atoms with E-state index in [9.17, 15) is 0 Å². The Hall–Kier alpha value is -2.46. The first-order valence-corrected chi connectivity index (χ1v) is 11.3. The van der Waals surface area contributed by atoms with Crippen molar-refractivity contribution < 1.29 is 0 Å². The molecule has 0 aliphatic heterocycles. The van der Waals surface area contributed by atoms with Crippen molar-refractivity contribution >= 4 is 33.8 Å². The third-order valence-electron chi connectivity index (χ3n) is 4.72. The van der Waals surface area contributed by atoms with Crippen molar-refractivity contribution in [3.63, 3.8) is 0 Å². The lowest BCUT2D eigenvalue weighted by molar-refractivity contribution is 0.598. The maximum atomic E-state index is 5.96. The molecule has 4 heteroatoms. The molecule has 30 heavy (non-hydrogen) atoms. The van der Waals surface area contributed by atoms with Gasteiger partial charge in [-0.2, -0.15) is 0 Å². The van der Waals surface area contributed by atoms with Crippen LogP contribution in [0.3, 0.4) is 0 Å². The van der Waals surface area contributed by atoms with Crippen LogP contribution < -0.4 is 5.73 Å². The topological polar surface area (TPSA) is 51.3 Å². The average molecular weight is 466 g/mol. The summed E-state index contributed by atoms with van der Waals surface area (Å²) in [4.78, 5) is 9.32. The van der Waals surface area contributed by atoms with Crippen molar-refractivity contribution in [3.8, 4) is 11.3 Å². The smallest absolute Gasteiger partial charge is 0.106 e. The van der Waals surface area contributed by atoms with Gasteiger partial charge in [0.25, 0.3) is 0 Å². The van der Waals surface area contributed by atoms with Crippen LogP contribution in [0.4, 0.5) is 0 Å². The summed E-state index contributed by atoms with van der Waals surface area (Å²) in [6, 6.07) is 10.4. The quantitative estimate of drug-likeness (QED) is 0.241. The minimum atomic E-state index is 0.630. The molecule has 0 saturated carbocycles. The standard InChI is InChI=1S/C26H32BrN3/c1-5-6-7-8-9-21-10-11-22(16-20(21)4)26-24(12-13-25(27)30-26)23(17-28)18-29-15-14-19(2)3/h6-13,16-19H,5,14-15,28H2,1-4H3/b7-6+,9-8-,23-17+,29-18?. The number of aliphatic imine (C=N–C) groups is 1. The third-order valence-corrected chi connectivity index (χ3v) is 5.16. The van der Waals surface area contributed by atoms with E-state index in [-0.39, 0.29) is 0 Å². The summed E-state index contributed by atoms with van der Waals surface area (Å²) < 4.78 is 0.792. The number of hydrogen-bond acceptors (Lipinski definition) is 3. The summed E-state index contributed by atoms with van der Waals surface area (Å²) in [5, 5.41) is 0. The summed E-state index contributed by atoms with van der Waals surface area (Å²) in [6.07, 6.45) is 14.0. The Bertz CT molecular complexity index is 953. The maximum absolute atomic E-state index is 5.96. The number of pyridine rings is 1. The van der Waals surface area contributed by atoms with Crippen molar-refractivity contribution in [2.45, 2.75) is 40.5 Å². The molecule has 1 aromatic carbocycles. The first-order valence-electron chi connectivity index (χ1n) is 10.5. The first kappa shape index (κ1) is 23.8. The molecule has 0 atom stereocenters. The normalized spacial score (nSPS) is 12.8. The molecular weight excluding hydrogens is 434 g/mol. The molecule has 2 N–H and O–H groups in total. The molecule has 0 saturated heterocycles. The highest BCUT2D eigenvalue weighted by Gasteiger charge is 2.12. The lowest BCUT2D eigenvalue weighted by atomic mass is 9.97. The van der Waals surface area contributed by atoms with E-state index in [1.165, 1.54) is 11.1 Å². The van der Waals surface area contributed by atoms with Gasteiger partial charge in [0.15, 0.2) is 0 Å². The predicted octanol–water partition coefficient (Wildman–Crippen LogP) is 7.22. The van der Waals surface area contributed by atoms with Crippen molar-refractivity contribution in [2.24, 2.45) is 16.6 Å². The van der Waals surface area contributed by atoms with Gasteiger partial charge in [0, 0.05) is 35.7 Å². The molecule has 1 heterocycles. The van der Waals surface area contributed by atoms with E-state index in [0.717, 1.165) is 46.4 Å². The van der Waals surface area contributed by atoms with Crippen molar-refractivity contribution in [3.05, 3.63) is 76.1 Å². The maximum Gasteiger partial charge on any atom is 0.106 e. The number of nitrogens with zero attached hydrogens (tertiary/aromatic N) is 2. The number of nitrogens with two attached hydrogens (primary N) is 1. The molecule has 0 aliphatic carbocycles. The van der Waals surface area contributed by atoms with Crippen LogP contribution in [0.25, 0.3) is 22.9 Å². The minimum absolute atomic E-state index is 0.630. The van der Waals surface area contributed by atoms with Crippen LogP contribution in [0.1, 0.15) is 50.3 Å². The molecule has 2 rings (SSSR count). The fourth-order valence-corrected chi connectivity index (χ4v) is 3.28. The number of allylic oxidation sites excluding steroid dienone is 4. The molecule has 158 valence electrons. The molecule has 0 radical (unpaired) electrons. The first-order chi connectivity index (χ1) is 14.5. The minimum Gasteiger partial charge on any atom is -0.404 e. The zero-order chi connectivity index (χ0) is 21.9. The molecule has 0 amide bonds. The van der Waals surface area contributed by atoms with Crippen LogP contribution in [-0.2, 0) is 0 Å². The second kappa shape index (κ2) is 12.3. The fraction of sp³-hybridized carbons (Fsp3) is 0.308. The average Bonchev–Trinajstić information content (AvgIpc) is 2.72. The van der Waals surface area contributed by atoms with Crippen LogP contribution in [0, 0.1) is 12.8 Å². The number of aromatic nitrogens is 1. The SMILES string of the molecule is CC/C=C/C=C\c1ccc(-c2nc(Br)ccc2/C(C=NCCC(C)C)=C/N)cc1C. The zero-order valence-electron chi connectivity index (χ0n) is 18.4. The summed E-state index contributed by atoms with van der Waals surface area (Å²) in [5.74, 6) is 0.630. The van der Waals surface area contributed by atoms with Gasteiger partial charge in [0.1, 0.15) is 4.60 Å². The van der Waals surface area contributed by atoms with Gasteiger partial charge in [-0.1, -0.05) is 57.2 Å². The van der Waals surface area contributed by atoms with E-state index in [2.05, 4.69) is 91.1 Å². The Morgan fingerprint density at radius 2 is 2.00 bits per heavy atom. The van der Waals surface area contributed by atoms with Crippen LogP contribution in [-0.4, -0.2) is 17.7 Å². The molecule has 0 unspecified atom stereocenters. The molecule has 0 aliphatic rings. The number of halogens is 1. The van der Waals surface area contributed by atoms with Gasteiger partial charge in [-0.3, -0.25) is 4.99 Å². The van der Waals surface area contributed by atoms with Crippen molar-refractivity contribution in [2.75, 3.05) is 6.54 Å². The number of aryl methyl sites for hydroxylation is 1. The van der Waals surface area contributed by atoms with E-state index in [0.29, 0.717) is 5.92 Å². The molecule has 0 fully saturated rings. The number of rotatable bonds is 9. The second-order valence-electron chi connectivity index (χ2n) is 7.64. The fourth-order valence-electron chi connectivity index (χ4n) is 2.97. The van der Waals surface area contributed by atoms with E-state index in [4.69, 9.17) is 10.7 Å². The lowest BCUT2D eigenvalue weighted by Gasteiger charge is -2.12. The highest BCUT2D eigenvalue weighted by molar-refractivity contribution is 9.10. The Morgan fingerprint density at radius 1 is 1.20 bits per heavy atom. The highest BCUT2D eigenvalue weighted by atomic mass is 79.9. The lowest BCUT2D eigenvalue weighted by Crippen LogP contribution is -1.99. The number of benzene rings is 1. The Morgan fingerprint density at radius 3 is 2.67 bits per heavy atom. The molecule has 2 aromatic rings. The van der Waals surface area contributed by atoms with Gasteiger partial charge in [0.05, 0.1) is 5.69 Å². The second-order valence-corrected chi connectivity index (χ2v) is 8.45. The Kier molecular flexibility index (Phi) is 9.75. The number of hydrogen-bond donors (Lipinski definition) is 1. The van der Waals surface area contributed by atoms with E-state index >= 15 is 0 Å². The van der Waals surface area contributed by atoms with Gasteiger partial charge in [-0.15, -0.1) is 0 Å². The third kappa shape index (κ3) is 7.10. The van der Waals surface area contributed by atoms with Gasteiger partial charge >= 0.3 is 0 Å². The van der Waals surface area contributed by atoms with Crippen LogP contribution in [0.5, 0.6) is 0 Å². The van der Waals surface area contributed by atoms with E-state index in [1.807, 2.05) is 18.3 Å². The van der Waals surface area contributed by atoms with Gasteiger partial charge in [-0.25, -0.2) is 4.98 Å². The van der Waals surface area contributed by atoms with Gasteiger partial charge < -0.3 is 5.73 Å². The largest absolute Gasteiger partial charge is 0.404 e. The summed E-state index contributed by atoms with van der Waals surface area (Å²) in [7, 11) is 0. The summed E-state index contributed by atoms with van der Waals surface area (Å²) >= 11 is 3.51. The van der Waals surface area contributed by atoms with Crippen LogP contribution in [0.2, 0.25) is 0 Å². The van der Waals surface area contributed by atoms with Crippen molar-refractivity contribution in [1.82, 2.24) is 4.98 Å². The molecule has 1 aromatic heterocycles. The molecular formula is C26H32BrN3. The van der Waals surface area contributed by atoms with Crippen molar-refractivity contribution in [1.29, 1.82) is 0 Å². The summed E-state index contributed by atoms with van der Waals surface area (Å²) in [6.45, 7) is 9.45. The predicted molar refractivity (Wildman–Crippen MR) is 136 cm³/mol. The highest BCUT2D eigenvalue weighted by Crippen LogP contribution is 2.30. The van der Waals surface area contributed by atoms with Gasteiger partial charge in [0.2, 0.25) is 0 Å². The molecule has 0 spiro atoms. The van der Waals surface area contributed by atoms with E-state index in [1.54, 1.807) is 6.20 Å². The van der Waals surface area contributed by atoms with E-state index < -0.39 is 0 Å². The van der Waals surface area contributed by atoms with Gasteiger partial charge in [-0.05, 0) is 70.9 Å². The molecule has 0 bridgehead atoms. The molecule has 3 nitrogen and oxygen atoms in total. The monoisotopic (exact) mass is 465 g/mol. The van der Waals surface area contributed by atoms with Crippen LogP contribution >= 0.6 is 15.9 Å².